The first kappa shape index (κ1) is 18.9. The Morgan fingerprint density at radius 3 is 2.14 bits per heavy atom. The minimum Gasteiger partial charge on any atom is -0.334 e. The zero-order valence-electron chi connectivity index (χ0n) is 16.6. The lowest BCUT2D eigenvalue weighted by Gasteiger charge is -2.32. The standard InChI is InChI=1S/C24H29N3O/c28-24(27-13-11-23(12-14-27)22-9-5-2-6-10-22)20-26-17-15-25(16-18-26)19-21-7-3-1-4-8-21/h1-11H,12-20H2/p+2. The summed E-state index contributed by atoms with van der Waals surface area (Å²) in [5.41, 5.74) is 4.07. The third-order valence-electron chi connectivity index (χ3n) is 6.07. The maximum atomic E-state index is 12.8. The van der Waals surface area contributed by atoms with Crippen molar-refractivity contribution < 1.29 is 14.6 Å². The SMILES string of the molecule is O=C(C[NH+]1CC[NH+](Cc2ccccc2)CC1)N1CC=C(c2ccccc2)CC1. The Kier molecular flexibility index (Phi) is 6.20. The number of rotatable bonds is 5. The number of piperazine rings is 1. The molecule has 0 radical (unpaired) electrons. The van der Waals surface area contributed by atoms with Crippen LogP contribution in [-0.4, -0.2) is 56.6 Å². The number of benzene rings is 2. The quantitative estimate of drug-likeness (QED) is 0.771. The van der Waals surface area contributed by atoms with Crippen molar-refractivity contribution in [1.82, 2.24) is 4.90 Å². The van der Waals surface area contributed by atoms with E-state index in [0.29, 0.717) is 12.5 Å². The zero-order chi connectivity index (χ0) is 19.2. The van der Waals surface area contributed by atoms with Crippen molar-refractivity contribution in [3.63, 3.8) is 0 Å². The van der Waals surface area contributed by atoms with Gasteiger partial charge in [0.25, 0.3) is 5.91 Å². The maximum Gasteiger partial charge on any atom is 0.278 e. The Labute approximate surface area is 168 Å². The van der Waals surface area contributed by atoms with Crippen LogP contribution in [0.1, 0.15) is 17.5 Å². The number of amides is 1. The lowest BCUT2D eigenvalue weighted by molar-refractivity contribution is -1.02. The van der Waals surface area contributed by atoms with Crippen LogP contribution in [0.5, 0.6) is 0 Å². The van der Waals surface area contributed by atoms with E-state index in [2.05, 4.69) is 60.7 Å². The van der Waals surface area contributed by atoms with Gasteiger partial charge >= 0.3 is 0 Å². The smallest absolute Gasteiger partial charge is 0.278 e. The van der Waals surface area contributed by atoms with Crippen LogP contribution >= 0.6 is 0 Å². The van der Waals surface area contributed by atoms with E-state index in [-0.39, 0.29) is 0 Å². The minimum atomic E-state index is 0.310. The number of hydrogen-bond donors (Lipinski definition) is 2. The molecule has 2 aromatic carbocycles. The van der Waals surface area contributed by atoms with Crippen molar-refractivity contribution in [3.8, 4) is 0 Å². The molecule has 4 rings (SSSR count). The predicted molar refractivity (Wildman–Crippen MR) is 112 cm³/mol. The number of hydrogen-bond acceptors (Lipinski definition) is 1. The highest BCUT2D eigenvalue weighted by atomic mass is 16.2. The highest BCUT2D eigenvalue weighted by Gasteiger charge is 2.27. The largest absolute Gasteiger partial charge is 0.334 e. The van der Waals surface area contributed by atoms with E-state index < -0.39 is 0 Å². The number of nitrogens with zero attached hydrogens (tertiary/aromatic N) is 1. The van der Waals surface area contributed by atoms with E-state index in [4.69, 9.17) is 0 Å². The molecule has 1 saturated heterocycles. The van der Waals surface area contributed by atoms with Gasteiger partial charge in [0, 0.05) is 18.7 Å². The van der Waals surface area contributed by atoms with Gasteiger partial charge < -0.3 is 14.7 Å². The molecule has 0 aliphatic carbocycles. The molecule has 0 atom stereocenters. The molecule has 1 fully saturated rings. The first-order chi connectivity index (χ1) is 13.8. The number of carbonyl (C=O) groups excluding carboxylic acids is 1. The zero-order valence-corrected chi connectivity index (χ0v) is 16.6. The van der Waals surface area contributed by atoms with Gasteiger partial charge in [0.15, 0.2) is 6.54 Å². The second-order valence-corrected chi connectivity index (χ2v) is 8.02. The third kappa shape index (κ3) is 4.89. The van der Waals surface area contributed by atoms with Gasteiger partial charge in [-0.25, -0.2) is 0 Å². The summed E-state index contributed by atoms with van der Waals surface area (Å²) in [6.07, 6.45) is 3.19. The molecule has 2 heterocycles. The topological polar surface area (TPSA) is 29.2 Å². The number of nitrogens with one attached hydrogen (secondary N) is 2. The van der Waals surface area contributed by atoms with Crippen molar-refractivity contribution >= 4 is 11.5 Å². The van der Waals surface area contributed by atoms with Crippen LogP contribution in [0.2, 0.25) is 0 Å². The summed E-state index contributed by atoms with van der Waals surface area (Å²) in [6, 6.07) is 21.3. The van der Waals surface area contributed by atoms with E-state index in [0.717, 1.165) is 52.2 Å². The summed E-state index contributed by atoms with van der Waals surface area (Å²) in [6.45, 7) is 7.82. The van der Waals surface area contributed by atoms with Crippen LogP contribution in [0, 0.1) is 0 Å². The summed E-state index contributed by atoms with van der Waals surface area (Å²) in [7, 11) is 0. The van der Waals surface area contributed by atoms with Gasteiger partial charge in [-0.3, -0.25) is 4.79 Å². The molecule has 2 aromatic rings. The van der Waals surface area contributed by atoms with E-state index in [9.17, 15) is 4.79 Å². The molecule has 146 valence electrons. The third-order valence-corrected chi connectivity index (χ3v) is 6.07. The van der Waals surface area contributed by atoms with E-state index >= 15 is 0 Å². The Bertz CT molecular complexity index is 795. The van der Waals surface area contributed by atoms with Crippen LogP contribution in [0.3, 0.4) is 0 Å². The molecule has 2 aliphatic rings. The summed E-state index contributed by atoms with van der Waals surface area (Å²) >= 11 is 0. The van der Waals surface area contributed by atoms with Crippen LogP contribution in [0.15, 0.2) is 66.7 Å². The fourth-order valence-electron chi connectivity index (χ4n) is 4.33. The monoisotopic (exact) mass is 377 g/mol. The maximum absolute atomic E-state index is 12.8. The Morgan fingerprint density at radius 1 is 0.857 bits per heavy atom. The summed E-state index contributed by atoms with van der Waals surface area (Å²) in [5, 5.41) is 0. The first-order valence-corrected chi connectivity index (χ1v) is 10.5. The number of quaternary nitrogens is 2. The van der Waals surface area contributed by atoms with Crippen molar-refractivity contribution in [2.45, 2.75) is 13.0 Å². The van der Waals surface area contributed by atoms with Crippen molar-refractivity contribution in [3.05, 3.63) is 77.9 Å². The summed E-state index contributed by atoms with van der Waals surface area (Å²) in [5.74, 6) is 0.310. The van der Waals surface area contributed by atoms with E-state index in [1.54, 1.807) is 4.90 Å². The molecule has 1 amide bonds. The van der Waals surface area contributed by atoms with Gasteiger partial charge in [0.1, 0.15) is 32.7 Å². The molecule has 0 saturated carbocycles. The minimum absolute atomic E-state index is 0.310. The van der Waals surface area contributed by atoms with Gasteiger partial charge in [-0.15, -0.1) is 0 Å². The van der Waals surface area contributed by atoms with Gasteiger partial charge in [-0.05, 0) is 17.6 Å². The molecule has 4 nitrogen and oxygen atoms in total. The molecule has 2 N–H and O–H groups in total. The van der Waals surface area contributed by atoms with Crippen LogP contribution in [0.4, 0.5) is 0 Å². The molecular formula is C24H31N3O+2. The van der Waals surface area contributed by atoms with Gasteiger partial charge in [0.05, 0.1) is 0 Å². The van der Waals surface area contributed by atoms with Gasteiger partial charge in [0.2, 0.25) is 0 Å². The van der Waals surface area contributed by atoms with Crippen molar-refractivity contribution in [1.29, 1.82) is 0 Å². The molecule has 28 heavy (non-hydrogen) atoms. The number of carbonyl (C=O) groups is 1. The molecule has 0 aromatic heterocycles. The normalized spacial score (nSPS) is 22.6. The van der Waals surface area contributed by atoms with Gasteiger partial charge in [-0.2, -0.15) is 0 Å². The fourth-order valence-corrected chi connectivity index (χ4v) is 4.33. The molecule has 0 unspecified atom stereocenters. The second kappa shape index (κ2) is 9.18. The Morgan fingerprint density at radius 2 is 1.50 bits per heavy atom. The Balaban J connectivity index is 1.22. The average molecular weight is 378 g/mol. The molecular weight excluding hydrogens is 346 g/mol. The molecule has 4 heteroatoms. The predicted octanol–water partition coefficient (Wildman–Crippen LogP) is 0.286. The highest BCUT2D eigenvalue weighted by molar-refractivity contribution is 5.79. The second-order valence-electron chi connectivity index (χ2n) is 8.02. The average Bonchev–Trinajstić information content (AvgIpc) is 2.76. The lowest BCUT2D eigenvalue weighted by atomic mass is 9.99. The lowest BCUT2D eigenvalue weighted by Crippen LogP contribution is -3.28. The molecule has 2 aliphatic heterocycles. The van der Waals surface area contributed by atoms with E-state index in [1.165, 1.54) is 21.6 Å². The van der Waals surface area contributed by atoms with Gasteiger partial charge in [-0.1, -0.05) is 66.7 Å². The Hall–Kier alpha value is -2.43. The van der Waals surface area contributed by atoms with Crippen LogP contribution in [-0.2, 0) is 11.3 Å². The van der Waals surface area contributed by atoms with E-state index in [1.807, 2.05) is 11.0 Å². The molecule has 0 bridgehead atoms. The van der Waals surface area contributed by atoms with Crippen LogP contribution < -0.4 is 9.80 Å². The first-order valence-electron chi connectivity index (χ1n) is 10.5. The summed E-state index contributed by atoms with van der Waals surface area (Å²) < 4.78 is 0. The summed E-state index contributed by atoms with van der Waals surface area (Å²) in [4.78, 5) is 17.9. The van der Waals surface area contributed by atoms with Crippen molar-refractivity contribution in [2.24, 2.45) is 0 Å². The molecule has 0 spiro atoms. The highest BCUT2D eigenvalue weighted by Crippen LogP contribution is 2.21. The fraction of sp³-hybridized carbons (Fsp3) is 0.375. The van der Waals surface area contributed by atoms with Crippen molar-refractivity contribution in [2.75, 3.05) is 45.8 Å². The van der Waals surface area contributed by atoms with Crippen LogP contribution in [0.25, 0.3) is 5.57 Å².